The number of hydrogen-bond donors (Lipinski definition) is 1. The number of carbonyl (C=O) groups is 1. The number of unbranched alkanes of at least 4 members (excludes halogenated alkanes) is 8. The summed E-state index contributed by atoms with van der Waals surface area (Å²) in [6.45, 7) is 0. The summed E-state index contributed by atoms with van der Waals surface area (Å²) < 4.78 is 0. The first-order valence-corrected chi connectivity index (χ1v) is 14.5. The van der Waals surface area contributed by atoms with Crippen LogP contribution in [-0.2, 0) is 4.79 Å². The fourth-order valence-corrected chi connectivity index (χ4v) is 9.15. The number of halogens is 1. The van der Waals surface area contributed by atoms with Crippen molar-refractivity contribution in [2.24, 2.45) is 0 Å². The Kier molecular flexibility index (Phi) is 15.5. The molecule has 0 amide bonds. The number of hydrogen-bond acceptors (Lipinski definition) is 1. The summed E-state index contributed by atoms with van der Waals surface area (Å²) in [5.41, 5.74) is 0. The lowest BCUT2D eigenvalue weighted by molar-refractivity contribution is -0.137. The van der Waals surface area contributed by atoms with Crippen LogP contribution in [0, 0.1) is 0 Å². The Hall–Kier alpha value is -1.96. The van der Waals surface area contributed by atoms with Crippen molar-refractivity contribution in [3.63, 3.8) is 0 Å². The molecule has 0 bridgehead atoms. The second kappa shape index (κ2) is 17.5. The average Bonchev–Trinajstić information content (AvgIpc) is 2.86. The lowest BCUT2D eigenvalue weighted by Crippen LogP contribution is -3.00. The van der Waals surface area contributed by atoms with Crippen molar-refractivity contribution in [3.05, 3.63) is 91.0 Å². The van der Waals surface area contributed by atoms with Crippen LogP contribution >= 0.6 is 7.26 Å². The van der Waals surface area contributed by atoms with Crippen LogP contribution in [0.25, 0.3) is 0 Å². The van der Waals surface area contributed by atoms with Gasteiger partial charge in [0.15, 0.2) is 0 Å². The first-order chi connectivity index (χ1) is 16.2. The fourth-order valence-electron chi connectivity index (χ4n) is 4.74. The average molecular weight is 558 g/mol. The zero-order chi connectivity index (χ0) is 23.2. The zero-order valence-corrected chi connectivity index (χ0v) is 22.6. The van der Waals surface area contributed by atoms with Crippen molar-refractivity contribution in [2.45, 2.75) is 71.6 Å². The number of benzene rings is 3. The van der Waals surface area contributed by atoms with E-state index in [1.54, 1.807) is 0 Å². The lowest BCUT2D eigenvalue weighted by Gasteiger charge is -2.27. The highest BCUT2D eigenvalue weighted by molar-refractivity contribution is 7.95. The second-order valence-corrected chi connectivity index (χ2v) is 12.5. The minimum Gasteiger partial charge on any atom is -1.00 e. The predicted octanol–water partition coefficient (Wildman–Crippen LogP) is 4.61. The van der Waals surface area contributed by atoms with Crippen LogP contribution in [0.4, 0.5) is 0 Å². The third kappa shape index (κ3) is 9.54. The smallest absolute Gasteiger partial charge is 0.303 e. The number of aliphatic carboxylic acids is 1. The topological polar surface area (TPSA) is 37.3 Å². The third-order valence-electron chi connectivity index (χ3n) is 6.48. The summed E-state index contributed by atoms with van der Waals surface area (Å²) in [5, 5.41) is 13.1. The SMILES string of the molecule is C.O=C(O)CCCCCCCCCCC[P+](c1ccccc1)(c1ccccc1)c1ccccc1.[Br-]. The van der Waals surface area contributed by atoms with Gasteiger partial charge in [-0.25, -0.2) is 0 Å². The Morgan fingerprint density at radius 2 is 0.857 bits per heavy atom. The summed E-state index contributed by atoms with van der Waals surface area (Å²) in [4.78, 5) is 10.6. The maximum Gasteiger partial charge on any atom is 0.303 e. The van der Waals surface area contributed by atoms with E-state index in [4.69, 9.17) is 5.11 Å². The fraction of sp³-hybridized carbons (Fsp3) is 0.387. The van der Waals surface area contributed by atoms with Crippen molar-refractivity contribution < 1.29 is 26.9 Å². The van der Waals surface area contributed by atoms with E-state index in [9.17, 15) is 4.79 Å². The third-order valence-corrected chi connectivity index (χ3v) is 11.0. The van der Waals surface area contributed by atoms with E-state index in [0.717, 1.165) is 19.3 Å². The Bertz CT molecular complexity index is 835. The van der Waals surface area contributed by atoms with Crippen molar-refractivity contribution in [1.29, 1.82) is 0 Å². The highest BCUT2D eigenvalue weighted by atomic mass is 79.9. The molecule has 0 aliphatic rings. The van der Waals surface area contributed by atoms with Gasteiger partial charge >= 0.3 is 5.97 Å². The summed E-state index contributed by atoms with van der Waals surface area (Å²) in [6.07, 6.45) is 12.1. The molecule has 0 atom stereocenters. The molecule has 0 aromatic heterocycles. The summed E-state index contributed by atoms with van der Waals surface area (Å²) in [7, 11) is -1.68. The lowest BCUT2D eigenvalue weighted by atomic mass is 10.1. The van der Waals surface area contributed by atoms with E-state index in [1.165, 1.54) is 60.6 Å². The monoisotopic (exact) mass is 556 g/mol. The molecule has 0 spiro atoms. The Labute approximate surface area is 224 Å². The van der Waals surface area contributed by atoms with Gasteiger partial charge in [0.1, 0.15) is 23.2 Å². The van der Waals surface area contributed by atoms with Gasteiger partial charge in [-0.3, -0.25) is 4.79 Å². The molecule has 3 aromatic rings. The molecule has 2 nitrogen and oxygen atoms in total. The Balaban J connectivity index is 0.00000306. The van der Waals surface area contributed by atoms with Crippen molar-refractivity contribution in [3.8, 4) is 0 Å². The molecule has 0 saturated carbocycles. The van der Waals surface area contributed by atoms with Gasteiger partial charge in [-0.05, 0) is 55.7 Å². The van der Waals surface area contributed by atoms with E-state index in [2.05, 4.69) is 91.0 Å². The molecule has 0 radical (unpaired) electrons. The van der Waals surface area contributed by atoms with Gasteiger partial charge in [-0.1, -0.05) is 101 Å². The molecular weight excluding hydrogens is 515 g/mol. The summed E-state index contributed by atoms with van der Waals surface area (Å²) >= 11 is 0. The van der Waals surface area contributed by atoms with E-state index in [1.807, 2.05) is 0 Å². The normalized spacial score (nSPS) is 10.7. The van der Waals surface area contributed by atoms with Crippen LogP contribution < -0.4 is 32.9 Å². The highest BCUT2D eigenvalue weighted by Gasteiger charge is 2.44. The van der Waals surface area contributed by atoms with E-state index >= 15 is 0 Å². The summed E-state index contributed by atoms with van der Waals surface area (Å²) in [6, 6.07) is 33.5. The van der Waals surface area contributed by atoms with Crippen molar-refractivity contribution in [1.82, 2.24) is 0 Å². The van der Waals surface area contributed by atoms with Gasteiger partial charge in [-0.2, -0.15) is 0 Å². The van der Waals surface area contributed by atoms with Crippen LogP contribution in [0.5, 0.6) is 0 Å². The molecule has 35 heavy (non-hydrogen) atoms. The van der Waals surface area contributed by atoms with Crippen molar-refractivity contribution in [2.75, 3.05) is 6.16 Å². The minimum atomic E-state index is -1.68. The van der Waals surface area contributed by atoms with Crippen LogP contribution in [0.15, 0.2) is 91.0 Å². The maximum atomic E-state index is 10.6. The molecule has 3 rings (SSSR count). The maximum absolute atomic E-state index is 10.6. The Morgan fingerprint density at radius 3 is 1.20 bits per heavy atom. The molecule has 0 saturated heterocycles. The largest absolute Gasteiger partial charge is 1.00 e. The minimum absolute atomic E-state index is 0. The second-order valence-electron chi connectivity index (χ2n) is 8.87. The van der Waals surface area contributed by atoms with Gasteiger partial charge in [-0.15, -0.1) is 0 Å². The van der Waals surface area contributed by atoms with E-state index < -0.39 is 13.2 Å². The number of carboxylic acid groups (broad SMARTS) is 1. The molecule has 0 heterocycles. The molecule has 190 valence electrons. The molecule has 0 aliphatic carbocycles. The molecule has 0 unspecified atom stereocenters. The van der Waals surface area contributed by atoms with Gasteiger partial charge in [0, 0.05) is 6.42 Å². The zero-order valence-electron chi connectivity index (χ0n) is 20.1. The van der Waals surface area contributed by atoms with E-state index in [-0.39, 0.29) is 24.4 Å². The quantitative estimate of drug-likeness (QED) is 0.219. The molecule has 4 heteroatoms. The first kappa shape index (κ1) is 31.1. The number of rotatable bonds is 15. The number of carboxylic acids is 1. The Morgan fingerprint density at radius 1 is 0.543 bits per heavy atom. The van der Waals surface area contributed by atoms with Gasteiger partial charge in [0.2, 0.25) is 0 Å². The molecule has 1 N–H and O–H groups in total. The molecule has 0 aliphatic heterocycles. The molecular formula is C31H42BrO2P. The highest BCUT2D eigenvalue weighted by Crippen LogP contribution is 2.55. The standard InChI is InChI=1S/C30H37O2P.CH4.BrH/c31-30(32)25-17-6-4-2-1-3-5-7-18-26-33(27-19-11-8-12-20-27,28-21-13-9-14-22-28)29-23-15-10-16-24-29;;/h8-16,19-24H,1-7,17-18,25-26H2;1H4;1H. The van der Waals surface area contributed by atoms with Crippen LogP contribution in [0.2, 0.25) is 0 Å². The summed E-state index contributed by atoms with van der Waals surface area (Å²) in [5.74, 6) is -0.671. The predicted molar refractivity (Wildman–Crippen MR) is 151 cm³/mol. The molecule has 3 aromatic carbocycles. The first-order valence-electron chi connectivity index (χ1n) is 12.5. The van der Waals surface area contributed by atoms with Gasteiger partial charge in [0.25, 0.3) is 0 Å². The van der Waals surface area contributed by atoms with Crippen molar-refractivity contribution >= 4 is 29.1 Å². The van der Waals surface area contributed by atoms with Crippen LogP contribution in [0.3, 0.4) is 0 Å². The molecule has 0 fully saturated rings. The van der Waals surface area contributed by atoms with Gasteiger partial charge in [0.05, 0.1) is 6.16 Å². The van der Waals surface area contributed by atoms with Crippen LogP contribution in [-0.4, -0.2) is 17.2 Å². The van der Waals surface area contributed by atoms with E-state index in [0.29, 0.717) is 6.42 Å². The van der Waals surface area contributed by atoms with Gasteiger partial charge < -0.3 is 22.1 Å². The van der Waals surface area contributed by atoms with Crippen LogP contribution in [0.1, 0.15) is 71.6 Å².